The summed E-state index contributed by atoms with van der Waals surface area (Å²) in [7, 11) is 1.56. The Hall–Kier alpha value is -2.03. The van der Waals surface area contributed by atoms with Crippen LogP contribution in [0, 0.1) is 12.7 Å². The molecule has 0 unspecified atom stereocenters. The number of rotatable bonds is 2. The highest BCUT2D eigenvalue weighted by Gasteiger charge is 2.09. The van der Waals surface area contributed by atoms with Crippen LogP contribution < -0.4 is 4.74 Å². The predicted molar refractivity (Wildman–Crippen MR) is 64.8 cm³/mol. The zero-order valence-corrected chi connectivity index (χ0v) is 9.70. The van der Waals surface area contributed by atoms with Crippen LogP contribution in [0.3, 0.4) is 0 Å². The fourth-order valence-corrected chi connectivity index (χ4v) is 1.79. The molecule has 0 atom stereocenters. The van der Waals surface area contributed by atoms with E-state index in [4.69, 9.17) is 4.74 Å². The van der Waals surface area contributed by atoms with Crippen molar-refractivity contribution in [3.63, 3.8) is 0 Å². The summed E-state index contributed by atoms with van der Waals surface area (Å²) in [5.74, 6) is 0.524. The molecule has 0 saturated carbocycles. The van der Waals surface area contributed by atoms with Crippen LogP contribution in [0.25, 0.3) is 11.1 Å². The van der Waals surface area contributed by atoms with E-state index in [1.54, 1.807) is 38.3 Å². The monoisotopic (exact) mass is 232 g/mol. The molecule has 2 aromatic carbocycles. The lowest BCUT2D eigenvalue weighted by Crippen LogP contribution is -1.88. The Balaban J connectivity index is 2.59. The molecule has 0 spiro atoms. The first-order valence-electron chi connectivity index (χ1n) is 5.25. The van der Waals surface area contributed by atoms with Gasteiger partial charge in [-0.1, -0.05) is 6.07 Å². The molecule has 0 aromatic heterocycles. The first kappa shape index (κ1) is 11.5. The van der Waals surface area contributed by atoms with Gasteiger partial charge in [-0.15, -0.1) is 0 Å². The summed E-state index contributed by atoms with van der Waals surface area (Å²) >= 11 is 0. The standard InChI is InChI=1S/C14H13FO2/c1-9-7-10(15)3-5-12(9)13-8-11(17-2)4-6-14(13)16/h3-8,16H,1-2H3. The quantitative estimate of drug-likeness (QED) is 0.858. The van der Waals surface area contributed by atoms with Crippen molar-refractivity contribution in [2.24, 2.45) is 0 Å². The van der Waals surface area contributed by atoms with Crippen LogP contribution in [-0.2, 0) is 0 Å². The van der Waals surface area contributed by atoms with E-state index in [0.29, 0.717) is 11.3 Å². The predicted octanol–water partition coefficient (Wildman–Crippen LogP) is 3.52. The van der Waals surface area contributed by atoms with Crippen molar-refractivity contribution in [2.45, 2.75) is 6.92 Å². The summed E-state index contributed by atoms with van der Waals surface area (Å²) in [5, 5.41) is 9.83. The van der Waals surface area contributed by atoms with Crippen molar-refractivity contribution in [1.82, 2.24) is 0 Å². The Bertz CT molecular complexity index is 550. The second-order valence-electron chi connectivity index (χ2n) is 3.84. The van der Waals surface area contributed by atoms with Gasteiger partial charge in [0.05, 0.1) is 7.11 Å². The molecule has 0 bridgehead atoms. The molecule has 0 heterocycles. The molecule has 2 aromatic rings. The van der Waals surface area contributed by atoms with Crippen molar-refractivity contribution >= 4 is 0 Å². The van der Waals surface area contributed by atoms with Gasteiger partial charge in [-0.25, -0.2) is 4.39 Å². The van der Waals surface area contributed by atoms with Gasteiger partial charge in [-0.3, -0.25) is 0 Å². The lowest BCUT2D eigenvalue weighted by atomic mass is 9.99. The second kappa shape index (κ2) is 4.45. The maximum atomic E-state index is 13.0. The molecule has 0 radical (unpaired) electrons. The molecule has 1 N–H and O–H groups in total. The van der Waals surface area contributed by atoms with Crippen LogP contribution in [-0.4, -0.2) is 12.2 Å². The summed E-state index contributed by atoms with van der Waals surface area (Å²) in [4.78, 5) is 0. The number of hydrogen-bond donors (Lipinski definition) is 1. The number of hydrogen-bond acceptors (Lipinski definition) is 2. The highest BCUT2D eigenvalue weighted by atomic mass is 19.1. The molecule has 3 heteroatoms. The number of methoxy groups -OCH3 is 1. The van der Waals surface area contributed by atoms with Crippen LogP contribution in [0.2, 0.25) is 0 Å². The van der Waals surface area contributed by atoms with Gasteiger partial charge in [-0.2, -0.15) is 0 Å². The third-order valence-electron chi connectivity index (χ3n) is 2.68. The highest BCUT2D eigenvalue weighted by Crippen LogP contribution is 2.34. The maximum Gasteiger partial charge on any atom is 0.123 e. The Kier molecular flexibility index (Phi) is 3.00. The van der Waals surface area contributed by atoms with E-state index in [1.165, 1.54) is 12.1 Å². The van der Waals surface area contributed by atoms with E-state index >= 15 is 0 Å². The molecular weight excluding hydrogens is 219 g/mol. The number of aryl methyl sites for hydroxylation is 1. The summed E-state index contributed by atoms with van der Waals surface area (Å²) in [6.07, 6.45) is 0. The minimum absolute atomic E-state index is 0.153. The zero-order valence-electron chi connectivity index (χ0n) is 9.70. The highest BCUT2D eigenvalue weighted by molar-refractivity contribution is 5.74. The molecule has 88 valence electrons. The van der Waals surface area contributed by atoms with Gasteiger partial charge >= 0.3 is 0 Å². The first-order valence-corrected chi connectivity index (χ1v) is 5.25. The molecule has 0 aliphatic heterocycles. The third-order valence-corrected chi connectivity index (χ3v) is 2.68. The molecule has 17 heavy (non-hydrogen) atoms. The summed E-state index contributed by atoms with van der Waals surface area (Å²) in [6.45, 7) is 1.80. The number of ether oxygens (including phenoxy) is 1. The van der Waals surface area contributed by atoms with E-state index in [-0.39, 0.29) is 11.6 Å². The van der Waals surface area contributed by atoms with E-state index in [0.717, 1.165) is 11.1 Å². The lowest BCUT2D eigenvalue weighted by Gasteiger charge is -2.10. The molecule has 0 fully saturated rings. The molecule has 0 saturated heterocycles. The van der Waals surface area contributed by atoms with Crippen LogP contribution in [0.4, 0.5) is 4.39 Å². The Morgan fingerprint density at radius 2 is 1.82 bits per heavy atom. The van der Waals surface area contributed by atoms with Crippen molar-refractivity contribution in [3.8, 4) is 22.6 Å². The third kappa shape index (κ3) is 2.23. The number of aromatic hydroxyl groups is 1. The van der Waals surface area contributed by atoms with Gasteiger partial charge in [-0.05, 0) is 48.4 Å². The van der Waals surface area contributed by atoms with Gasteiger partial charge in [0, 0.05) is 5.56 Å². The fourth-order valence-electron chi connectivity index (χ4n) is 1.79. The number of phenolic OH excluding ortho intramolecular Hbond substituents is 1. The van der Waals surface area contributed by atoms with Crippen molar-refractivity contribution < 1.29 is 14.2 Å². The molecule has 0 amide bonds. The first-order chi connectivity index (χ1) is 8.11. The van der Waals surface area contributed by atoms with Crippen molar-refractivity contribution in [3.05, 3.63) is 47.8 Å². The van der Waals surface area contributed by atoms with Gasteiger partial charge in [0.25, 0.3) is 0 Å². The second-order valence-corrected chi connectivity index (χ2v) is 3.84. The van der Waals surface area contributed by atoms with Crippen LogP contribution in [0.5, 0.6) is 11.5 Å². The van der Waals surface area contributed by atoms with Crippen LogP contribution >= 0.6 is 0 Å². The average molecular weight is 232 g/mol. The minimum Gasteiger partial charge on any atom is -0.507 e. The summed E-state index contributed by atoms with van der Waals surface area (Å²) in [5.41, 5.74) is 2.21. The molecule has 2 rings (SSSR count). The smallest absolute Gasteiger partial charge is 0.123 e. The molecule has 0 aliphatic carbocycles. The fraction of sp³-hybridized carbons (Fsp3) is 0.143. The zero-order chi connectivity index (χ0) is 12.4. The van der Waals surface area contributed by atoms with E-state index in [1.807, 2.05) is 0 Å². The Labute approximate surface area is 99.3 Å². The minimum atomic E-state index is -0.284. The molecular formula is C14H13FO2. The Morgan fingerprint density at radius 1 is 1.06 bits per heavy atom. The maximum absolute atomic E-state index is 13.0. The van der Waals surface area contributed by atoms with Gasteiger partial charge < -0.3 is 9.84 Å². The molecule has 2 nitrogen and oxygen atoms in total. The summed E-state index contributed by atoms with van der Waals surface area (Å²) < 4.78 is 18.1. The van der Waals surface area contributed by atoms with Gasteiger partial charge in [0.1, 0.15) is 17.3 Å². The van der Waals surface area contributed by atoms with E-state index in [2.05, 4.69) is 0 Å². The lowest BCUT2D eigenvalue weighted by molar-refractivity contribution is 0.412. The number of halogens is 1. The van der Waals surface area contributed by atoms with Crippen molar-refractivity contribution in [2.75, 3.05) is 7.11 Å². The van der Waals surface area contributed by atoms with Gasteiger partial charge in [0.2, 0.25) is 0 Å². The van der Waals surface area contributed by atoms with Crippen molar-refractivity contribution in [1.29, 1.82) is 0 Å². The number of benzene rings is 2. The average Bonchev–Trinajstić information content (AvgIpc) is 2.30. The topological polar surface area (TPSA) is 29.5 Å². The van der Waals surface area contributed by atoms with E-state index < -0.39 is 0 Å². The summed E-state index contributed by atoms with van der Waals surface area (Å²) in [6, 6.07) is 9.44. The normalized spacial score (nSPS) is 10.3. The van der Waals surface area contributed by atoms with Crippen LogP contribution in [0.15, 0.2) is 36.4 Å². The van der Waals surface area contributed by atoms with E-state index in [9.17, 15) is 9.50 Å². The van der Waals surface area contributed by atoms with Crippen LogP contribution in [0.1, 0.15) is 5.56 Å². The SMILES string of the molecule is COc1ccc(O)c(-c2ccc(F)cc2C)c1. The van der Waals surface area contributed by atoms with Gasteiger partial charge in [0.15, 0.2) is 0 Å². The largest absolute Gasteiger partial charge is 0.507 e. The number of phenols is 1. The Morgan fingerprint density at radius 3 is 2.47 bits per heavy atom. The molecule has 0 aliphatic rings.